The summed E-state index contributed by atoms with van der Waals surface area (Å²) in [6, 6.07) is 28.9. The van der Waals surface area contributed by atoms with E-state index in [9.17, 15) is 0 Å². The minimum atomic E-state index is 0.561. The molecule has 0 aliphatic rings. The summed E-state index contributed by atoms with van der Waals surface area (Å²) in [5.74, 6) is 0.792. The molecule has 4 heteroatoms. The minimum absolute atomic E-state index is 0.561. The molecule has 0 fully saturated rings. The molecule has 0 saturated heterocycles. The van der Waals surface area contributed by atoms with Gasteiger partial charge in [-0.3, -0.25) is 9.78 Å². The molecule has 3 aromatic carbocycles. The third-order valence-electron chi connectivity index (χ3n) is 4.13. The van der Waals surface area contributed by atoms with Crippen molar-refractivity contribution in [2.24, 2.45) is 0 Å². The molecule has 0 amide bonds. The number of aromatic amines is 1. The number of H-pyrrole nitrogens is 1. The van der Waals surface area contributed by atoms with Gasteiger partial charge in [0.1, 0.15) is 0 Å². The second kappa shape index (κ2) is 6.87. The van der Waals surface area contributed by atoms with Crippen molar-refractivity contribution in [3.8, 4) is 22.5 Å². The highest BCUT2D eigenvalue weighted by Crippen LogP contribution is 2.23. The van der Waals surface area contributed by atoms with Crippen molar-refractivity contribution in [3.63, 3.8) is 0 Å². The third-order valence-corrected chi connectivity index (χ3v) is 4.44. The summed E-state index contributed by atoms with van der Waals surface area (Å²) in [6.07, 6.45) is 0. The van der Waals surface area contributed by atoms with Crippen molar-refractivity contribution in [3.05, 3.63) is 95.3 Å². The standard InChI is InChI=1S/C21H17N3S/c25-21-22-20(23-24(21)15-16-7-3-1-4-8-16)19-13-11-18(12-14-19)17-9-5-2-6-10-17/h1-14H,15H2,(H,22,23,25). The molecule has 0 spiro atoms. The number of aromatic nitrogens is 3. The van der Waals surface area contributed by atoms with Gasteiger partial charge in [-0.05, 0) is 28.9 Å². The van der Waals surface area contributed by atoms with E-state index in [2.05, 4.69) is 58.6 Å². The van der Waals surface area contributed by atoms with Gasteiger partial charge >= 0.3 is 0 Å². The maximum absolute atomic E-state index is 5.39. The highest BCUT2D eigenvalue weighted by atomic mass is 32.1. The molecular weight excluding hydrogens is 326 g/mol. The number of benzene rings is 3. The molecule has 1 N–H and O–H groups in total. The summed E-state index contributed by atoms with van der Waals surface area (Å²) in [5, 5.41) is 3.31. The molecule has 0 radical (unpaired) electrons. The van der Waals surface area contributed by atoms with Gasteiger partial charge in [0.15, 0.2) is 5.82 Å². The fourth-order valence-electron chi connectivity index (χ4n) is 2.81. The van der Waals surface area contributed by atoms with Crippen molar-refractivity contribution in [1.82, 2.24) is 14.8 Å². The second-order valence-electron chi connectivity index (χ2n) is 5.87. The van der Waals surface area contributed by atoms with E-state index in [-0.39, 0.29) is 0 Å². The number of rotatable bonds is 4. The molecule has 0 aliphatic carbocycles. The lowest BCUT2D eigenvalue weighted by Gasteiger charge is -2.04. The Morgan fingerprint density at radius 3 is 1.96 bits per heavy atom. The monoisotopic (exact) mass is 343 g/mol. The first-order chi connectivity index (χ1) is 12.3. The second-order valence-corrected chi connectivity index (χ2v) is 6.24. The van der Waals surface area contributed by atoms with Gasteiger partial charge in [0.2, 0.25) is 4.77 Å². The number of nitrogens with one attached hydrogen (secondary N) is 1. The largest absolute Gasteiger partial charge is 0.279 e. The molecule has 25 heavy (non-hydrogen) atoms. The summed E-state index contributed by atoms with van der Waals surface area (Å²) >= 11 is 5.39. The SMILES string of the molecule is S=c1nc(-c2ccc(-c3ccccc3)cc2)[nH]n1Cc1ccccc1. The molecule has 4 rings (SSSR count). The van der Waals surface area contributed by atoms with Gasteiger partial charge in [0.05, 0.1) is 6.54 Å². The van der Waals surface area contributed by atoms with Gasteiger partial charge in [0.25, 0.3) is 0 Å². The molecule has 4 aromatic rings. The van der Waals surface area contributed by atoms with Crippen LogP contribution in [0.1, 0.15) is 5.56 Å². The normalized spacial score (nSPS) is 10.7. The number of nitrogens with zero attached hydrogens (tertiary/aromatic N) is 2. The van der Waals surface area contributed by atoms with E-state index in [1.807, 2.05) is 41.1 Å². The maximum Gasteiger partial charge on any atom is 0.216 e. The fourth-order valence-corrected chi connectivity index (χ4v) is 3.01. The van der Waals surface area contributed by atoms with Crippen molar-refractivity contribution in [2.45, 2.75) is 6.54 Å². The minimum Gasteiger partial charge on any atom is -0.279 e. The summed E-state index contributed by atoms with van der Waals surface area (Å²) in [5.41, 5.74) is 4.61. The first-order valence-corrected chi connectivity index (χ1v) is 8.57. The first kappa shape index (κ1) is 15.5. The van der Waals surface area contributed by atoms with E-state index in [1.54, 1.807) is 0 Å². The Balaban J connectivity index is 1.60. The smallest absolute Gasteiger partial charge is 0.216 e. The van der Waals surface area contributed by atoms with Gasteiger partial charge in [-0.25, -0.2) is 0 Å². The molecule has 0 atom stereocenters. The summed E-state index contributed by atoms with van der Waals surface area (Å²) in [7, 11) is 0. The molecule has 3 nitrogen and oxygen atoms in total. The van der Waals surface area contributed by atoms with Crippen LogP contribution < -0.4 is 0 Å². The van der Waals surface area contributed by atoms with Crippen LogP contribution in [-0.2, 0) is 6.54 Å². The van der Waals surface area contributed by atoms with Crippen LogP contribution in [0.3, 0.4) is 0 Å². The lowest BCUT2D eigenvalue weighted by Crippen LogP contribution is -2.01. The number of hydrogen-bond acceptors (Lipinski definition) is 2. The van der Waals surface area contributed by atoms with E-state index < -0.39 is 0 Å². The predicted octanol–water partition coefficient (Wildman–Crippen LogP) is 5.32. The third kappa shape index (κ3) is 3.44. The van der Waals surface area contributed by atoms with Gasteiger partial charge < -0.3 is 0 Å². The predicted molar refractivity (Wildman–Crippen MR) is 104 cm³/mol. The quantitative estimate of drug-likeness (QED) is 0.509. The Morgan fingerprint density at radius 2 is 1.28 bits per heavy atom. The molecule has 122 valence electrons. The van der Waals surface area contributed by atoms with Crippen molar-refractivity contribution >= 4 is 12.2 Å². The Bertz CT molecular complexity index is 1020. The Labute approximate surface area is 151 Å². The first-order valence-electron chi connectivity index (χ1n) is 8.16. The maximum atomic E-state index is 5.39. The number of hydrogen-bond donors (Lipinski definition) is 1. The van der Waals surface area contributed by atoms with Crippen LogP contribution in [0.15, 0.2) is 84.9 Å². The summed E-state index contributed by atoms with van der Waals surface area (Å²) in [6.45, 7) is 0.689. The fraction of sp³-hybridized carbons (Fsp3) is 0.0476. The highest BCUT2D eigenvalue weighted by molar-refractivity contribution is 7.71. The van der Waals surface area contributed by atoms with Gasteiger partial charge in [-0.15, -0.1) is 0 Å². The van der Waals surface area contributed by atoms with Crippen LogP contribution in [0.4, 0.5) is 0 Å². The Morgan fingerprint density at radius 1 is 0.720 bits per heavy atom. The van der Waals surface area contributed by atoms with E-state index in [0.29, 0.717) is 11.3 Å². The van der Waals surface area contributed by atoms with Crippen LogP contribution in [0.5, 0.6) is 0 Å². The summed E-state index contributed by atoms with van der Waals surface area (Å²) in [4.78, 5) is 4.50. The average Bonchev–Trinajstić information content (AvgIpc) is 3.04. The zero-order valence-electron chi connectivity index (χ0n) is 13.6. The van der Waals surface area contributed by atoms with Crippen molar-refractivity contribution in [2.75, 3.05) is 0 Å². The molecule has 1 aromatic heterocycles. The van der Waals surface area contributed by atoms with Gasteiger partial charge in [-0.1, -0.05) is 84.9 Å². The van der Waals surface area contributed by atoms with Crippen LogP contribution in [0, 0.1) is 4.77 Å². The molecule has 0 aliphatic heterocycles. The summed E-state index contributed by atoms with van der Waals surface area (Å²) < 4.78 is 2.46. The highest BCUT2D eigenvalue weighted by Gasteiger charge is 2.06. The van der Waals surface area contributed by atoms with Gasteiger partial charge in [0, 0.05) is 5.56 Å². The van der Waals surface area contributed by atoms with E-state index >= 15 is 0 Å². The van der Waals surface area contributed by atoms with E-state index in [4.69, 9.17) is 12.2 Å². The Hall–Kier alpha value is -2.98. The van der Waals surface area contributed by atoms with Crippen LogP contribution >= 0.6 is 12.2 Å². The molecular formula is C21H17N3S. The van der Waals surface area contributed by atoms with Crippen LogP contribution in [-0.4, -0.2) is 14.8 Å². The lowest BCUT2D eigenvalue weighted by atomic mass is 10.0. The van der Waals surface area contributed by atoms with Crippen LogP contribution in [0.2, 0.25) is 0 Å². The van der Waals surface area contributed by atoms with E-state index in [0.717, 1.165) is 11.4 Å². The van der Waals surface area contributed by atoms with Crippen molar-refractivity contribution in [1.29, 1.82) is 0 Å². The molecule has 1 heterocycles. The average molecular weight is 343 g/mol. The van der Waals surface area contributed by atoms with Gasteiger partial charge in [-0.2, -0.15) is 4.98 Å². The van der Waals surface area contributed by atoms with Crippen LogP contribution in [0.25, 0.3) is 22.5 Å². The van der Waals surface area contributed by atoms with E-state index in [1.165, 1.54) is 16.7 Å². The topological polar surface area (TPSA) is 33.6 Å². The molecule has 0 saturated carbocycles. The molecule has 0 unspecified atom stereocenters. The zero-order valence-corrected chi connectivity index (χ0v) is 14.4. The lowest BCUT2D eigenvalue weighted by molar-refractivity contribution is 0.677. The zero-order chi connectivity index (χ0) is 17.1. The Kier molecular flexibility index (Phi) is 4.27. The molecule has 0 bridgehead atoms. The van der Waals surface area contributed by atoms with Crippen molar-refractivity contribution < 1.29 is 0 Å².